The van der Waals surface area contributed by atoms with Gasteiger partial charge in [0, 0.05) is 17.2 Å². The predicted octanol–water partition coefficient (Wildman–Crippen LogP) is 5.11. The van der Waals surface area contributed by atoms with E-state index in [0.29, 0.717) is 23.0 Å². The minimum atomic E-state index is 0.163. The lowest BCUT2D eigenvalue weighted by atomic mass is 9.87. The Bertz CT molecular complexity index is 1010. The highest BCUT2D eigenvalue weighted by molar-refractivity contribution is 6.14. The van der Waals surface area contributed by atoms with Gasteiger partial charge in [0.05, 0.1) is 34.2 Å². The summed E-state index contributed by atoms with van der Waals surface area (Å²) in [7, 11) is 6.53. The van der Waals surface area contributed by atoms with Crippen LogP contribution >= 0.6 is 0 Å². The molecule has 0 spiro atoms. The molecule has 6 heteroatoms. The average Bonchev–Trinajstić information content (AvgIpc) is 2.91. The van der Waals surface area contributed by atoms with Crippen LogP contribution < -0.4 is 18.9 Å². The van der Waals surface area contributed by atoms with Gasteiger partial charge in [-0.05, 0) is 54.8 Å². The van der Waals surface area contributed by atoms with Crippen LogP contribution in [-0.4, -0.2) is 39.9 Å². The number of benzene rings is 2. The second-order valence-corrected chi connectivity index (χ2v) is 6.93. The molecule has 158 valence electrons. The molecule has 1 aliphatic rings. The Kier molecular flexibility index (Phi) is 6.77. The van der Waals surface area contributed by atoms with Gasteiger partial charge in [-0.2, -0.15) is 10.2 Å². The van der Waals surface area contributed by atoms with Gasteiger partial charge in [0.2, 0.25) is 0 Å². The number of hydrogen-bond donors (Lipinski definition) is 0. The molecule has 0 radical (unpaired) electrons. The van der Waals surface area contributed by atoms with Crippen molar-refractivity contribution in [3.8, 4) is 23.0 Å². The van der Waals surface area contributed by atoms with E-state index in [2.05, 4.69) is 17.1 Å². The van der Waals surface area contributed by atoms with Crippen molar-refractivity contribution in [2.24, 2.45) is 10.2 Å². The SMILES string of the molecule is CCC1C(C)=NN=C(/C=C/c2ccc(OC)c(OC)c2)c2cc(OC)c(OC)cc21. The third-order valence-electron chi connectivity index (χ3n) is 5.28. The van der Waals surface area contributed by atoms with Gasteiger partial charge in [-0.1, -0.05) is 19.1 Å². The molecule has 2 aromatic carbocycles. The van der Waals surface area contributed by atoms with Gasteiger partial charge in [0.15, 0.2) is 23.0 Å². The molecule has 0 saturated carbocycles. The molecule has 1 aliphatic heterocycles. The van der Waals surface area contributed by atoms with E-state index in [9.17, 15) is 0 Å². The van der Waals surface area contributed by atoms with Crippen LogP contribution in [0.1, 0.15) is 42.9 Å². The minimum absolute atomic E-state index is 0.163. The van der Waals surface area contributed by atoms with Gasteiger partial charge >= 0.3 is 0 Å². The first-order chi connectivity index (χ1) is 14.6. The van der Waals surface area contributed by atoms with E-state index in [1.165, 1.54) is 0 Å². The van der Waals surface area contributed by atoms with E-state index in [4.69, 9.17) is 18.9 Å². The maximum absolute atomic E-state index is 5.53. The molecule has 0 fully saturated rings. The van der Waals surface area contributed by atoms with E-state index in [0.717, 1.165) is 34.5 Å². The van der Waals surface area contributed by atoms with Gasteiger partial charge < -0.3 is 18.9 Å². The van der Waals surface area contributed by atoms with Crippen LogP contribution in [0.2, 0.25) is 0 Å². The number of ether oxygens (including phenoxy) is 4. The first-order valence-electron chi connectivity index (χ1n) is 9.84. The Hall–Kier alpha value is -3.28. The zero-order valence-corrected chi connectivity index (χ0v) is 18.4. The normalized spacial score (nSPS) is 15.7. The standard InChI is InChI=1S/C24H28N2O4/c1-7-17-15(2)25-26-20(19-14-24(30-6)23(29-5)13-18(17)19)10-8-16-9-11-21(27-3)22(12-16)28-4/h8-14,17H,7H2,1-6H3/b10-8+. The Morgan fingerprint density at radius 2 is 1.43 bits per heavy atom. The van der Waals surface area contributed by atoms with Gasteiger partial charge in [-0.3, -0.25) is 0 Å². The Morgan fingerprint density at radius 3 is 2.07 bits per heavy atom. The van der Waals surface area contributed by atoms with Crippen LogP contribution in [0, 0.1) is 0 Å². The zero-order valence-electron chi connectivity index (χ0n) is 18.4. The van der Waals surface area contributed by atoms with Crippen LogP contribution in [0.25, 0.3) is 6.08 Å². The highest BCUT2D eigenvalue weighted by atomic mass is 16.5. The van der Waals surface area contributed by atoms with Crippen molar-refractivity contribution in [2.45, 2.75) is 26.2 Å². The van der Waals surface area contributed by atoms with Gasteiger partial charge in [0.1, 0.15) is 0 Å². The Morgan fingerprint density at radius 1 is 0.800 bits per heavy atom. The van der Waals surface area contributed by atoms with E-state index in [1.54, 1.807) is 28.4 Å². The number of hydrogen-bond acceptors (Lipinski definition) is 6. The van der Waals surface area contributed by atoms with Crippen LogP contribution in [0.15, 0.2) is 46.6 Å². The fourth-order valence-electron chi connectivity index (χ4n) is 3.66. The van der Waals surface area contributed by atoms with Crippen molar-refractivity contribution in [1.82, 2.24) is 0 Å². The summed E-state index contributed by atoms with van der Waals surface area (Å²) in [6.07, 6.45) is 4.86. The summed E-state index contributed by atoms with van der Waals surface area (Å²) in [5, 5.41) is 9.02. The number of nitrogens with zero attached hydrogens (tertiary/aromatic N) is 2. The largest absolute Gasteiger partial charge is 0.493 e. The summed E-state index contributed by atoms with van der Waals surface area (Å²) < 4.78 is 21.8. The van der Waals surface area contributed by atoms with E-state index in [-0.39, 0.29) is 5.92 Å². The average molecular weight is 408 g/mol. The quantitative estimate of drug-likeness (QED) is 0.639. The predicted molar refractivity (Wildman–Crippen MR) is 121 cm³/mol. The topological polar surface area (TPSA) is 61.6 Å². The summed E-state index contributed by atoms with van der Waals surface area (Å²) >= 11 is 0. The van der Waals surface area contributed by atoms with Gasteiger partial charge in [0.25, 0.3) is 0 Å². The van der Waals surface area contributed by atoms with Gasteiger partial charge in [-0.15, -0.1) is 0 Å². The molecule has 0 aliphatic carbocycles. The summed E-state index contributed by atoms with van der Waals surface area (Å²) in [6.45, 7) is 4.16. The van der Waals surface area contributed by atoms with E-state index in [1.807, 2.05) is 49.4 Å². The first-order valence-corrected chi connectivity index (χ1v) is 9.84. The summed E-state index contributed by atoms with van der Waals surface area (Å²) in [6, 6.07) is 9.78. The second-order valence-electron chi connectivity index (χ2n) is 6.93. The van der Waals surface area contributed by atoms with E-state index < -0.39 is 0 Å². The Balaban J connectivity index is 2.08. The van der Waals surface area contributed by atoms with Crippen LogP contribution in [0.4, 0.5) is 0 Å². The number of rotatable bonds is 7. The fourth-order valence-corrected chi connectivity index (χ4v) is 3.66. The molecule has 0 saturated heterocycles. The molecule has 1 heterocycles. The lowest BCUT2D eigenvalue weighted by molar-refractivity contribution is 0.354. The highest BCUT2D eigenvalue weighted by Crippen LogP contribution is 2.37. The molecule has 0 N–H and O–H groups in total. The second kappa shape index (κ2) is 9.48. The van der Waals surface area contributed by atoms with Crippen molar-refractivity contribution in [1.29, 1.82) is 0 Å². The fraction of sp³-hybridized carbons (Fsp3) is 0.333. The molecule has 1 atom stereocenters. The smallest absolute Gasteiger partial charge is 0.161 e. The van der Waals surface area contributed by atoms with Crippen molar-refractivity contribution in [3.63, 3.8) is 0 Å². The highest BCUT2D eigenvalue weighted by Gasteiger charge is 2.24. The summed E-state index contributed by atoms with van der Waals surface area (Å²) in [4.78, 5) is 0. The molecular weight excluding hydrogens is 380 g/mol. The third-order valence-corrected chi connectivity index (χ3v) is 5.28. The van der Waals surface area contributed by atoms with Crippen LogP contribution in [-0.2, 0) is 0 Å². The maximum atomic E-state index is 5.53. The zero-order chi connectivity index (χ0) is 21.7. The number of fused-ring (bicyclic) bond motifs is 1. The number of methoxy groups -OCH3 is 4. The molecule has 0 amide bonds. The first kappa shape index (κ1) is 21.4. The van der Waals surface area contributed by atoms with Crippen molar-refractivity contribution >= 4 is 17.5 Å². The van der Waals surface area contributed by atoms with E-state index >= 15 is 0 Å². The lowest BCUT2D eigenvalue weighted by Crippen LogP contribution is -2.11. The van der Waals surface area contributed by atoms with Gasteiger partial charge in [-0.25, -0.2) is 0 Å². The van der Waals surface area contributed by atoms with Crippen molar-refractivity contribution < 1.29 is 18.9 Å². The molecular formula is C24H28N2O4. The molecule has 6 nitrogen and oxygen atoms in total. The molecule has 2 aromatic rings. The summed E-state index contributed by atoms with van der Waals surface area (Å²) in [5.74, 6) is 2.89. The van der Waals surface area contributed by atoms with Crippen LogP contribution in [0.5, 0.6) is 23.0 Å². The van der Waals surface area contributed by atoms with Crippen molar-refractivity contribution in [3.05, 3.63) is 53.1 Å². The minimum Gasteiger partial charge on any atom is -0.493 e. The monoisotopic (exact) mass is 408 g/mol. The molecule has 3 rings (SSSR count). The molecule has 1 unspecified atom stereocenters. The summed E-state index contributed by atoms with van der Waals surface area (Å²) in [5.41, 5.74) is 4.81. The Labute approximate surface area is 177 Å². The molecule has 0 aromatic heterocycles. The third kappa shape index (κ3) is 4.17. The number of allylic oxidation sites excluding steroid dienone is 1. The maximum Gasteiger partial charge on any atom is 0.161 e. The lowest BCUT2D eigenvalue weighted by Gasteiger charge is -2.19. The van der Waals surface area contributed by atoms with Crippen molar-refractivity contribution in [2.75, 3.05) is 28.4 Å². The van der Waals surface area contributed by atoms with Crippen LogP contribution in [0.3, 0.4) is 0 Å². The molecule has 0 bridgehead atoms. The molecule has 30 heavy (non-hydrogen) atoms.